The van der Waals surface area contributed by atoms with Crippen molar-refractivity contribution in [2.75, 3.05) is 26.3 Å². The Morgan fingerprint density at radius 1 is 1.18 bits per heavy atom. The Labute approximate surface area is 168 Å². The van der Waals surface area contributed by atoms with E-state index in [0.717, 1.165) is 29.7 Å². The van der Waals surface area contributed by atoms with Gasteiger partial charge >= 0.3 is 6.09 Å². The van der Waals surface area contributed by atoms with Crippen LogP contribution in [-0.2, 0) is 9.53 Å². The molecule has 1 aromatic carbocycles. The van der Waals surface area contributed by atoms with Crippen LogP contribution in [0.25, 0.3) is 0 Å². The van der Waals surface area contributed by atoms with E-state index >= 15 is 0 Å². The number of nitrogens with one attached hydrogen (secondary N) is 1. The summed E-state index contributed by atoms with van der Waals surface area (Å²) in [6.07, 6.45) is 2.41. The van der Waals surface area contributed by atoms with Gasteiger partial charge in [-0.1, -0.05) is 32.0 Å². The van der Waals surface area contributed by atoms with E-state index in [4.69, 9.17) is 9.47 Å². The van der Waals surface area contributed by atoms with Crippen molar-refractivity contribution in [1.82, 2.24) is 10.2 Å². The fourth-order valence-electron chi connectivity index (χ4n) is 3.27. The number of rotatable bonds is 8. The van der Waals surface area contributed by atoms with Gasteiger partial charge in [0.2, 0.25) is 5.91 Å². The molecule has 0 atom stereocenters. The van der Waals surface area contributed by atoms with E-state index in [1.807, 2.05) is 45.9 Å². The highest BCUT2D eigenvalue weighted by Crippen LogP contribution is 2.22. The van der Waals surface area contributed by atoms with Crippen molar-refractivity contribution in [2.45, 2.75) is 59.4 Å². The Morgan fingerprint density at radius 2 is 1.82 bits per heavy atom. The minimum absolute atomic E-state index is 0.0472. The van der Waals surface area contributed by atoms with E-state index in [1.165, 1.54) is 0 Å². The average molecular weight is 391 g/mol. The molecule has 0 saturated carbocycles. The zero-order chi connectivity index (χ0) is 20.5. The van der Waals surface area contributed by atoms with Crippen LogP contribution in [0.5, 0.6) is 5.75 Å². The van der Waals surface area contributed by atoms with E-state index < -0.39 is 0 Å². The van der Waals surface area contributed by atoms with Crippen LogP contribution in [0, 0.1) is 19.8 Å². The summed E-state index contributed by atoms with van der Waals surface area (Å²) < 4.78 is 11.1. The van der Waals surface area contributed by atoms with Crippen molar-refractivity contribution in [2.24, 2.45) is 5.92 Å². The van der Waals surface area contributed by atoms with Crippen LogP contribution in [0.15, 0.2) is 18.2 Å². The molecule has 1 aliphatic rings. The molecule has 6 heteroatoms. The molecule has 1 heterocycles. The van der Waals surface area contributed by atoms with Crippen LogP contribution in [0.3, 0.4) is 0 Å². The number of ether oxygens (including phenoxy) is 2. The highest BCUT2D eigenvalue weighted by atomic mass is 16.6. The van der Waals surface area contributed by atoms with Gasteiger partial charge in [-0.25, -0.2) is 4.79 Å². The van der Waals surface area contributed by atoms with Crippen LogP contribution in [0.4, 0.5) is 4.79 Å². The summed E-state index contributed by atoms with van der Waals surface area (Å²) >= 11 is 0. The maximum atomic E-state index is 12.2. The number of likely N-dealkylation sites (tertiary alicyclic amines) is 1. The van der Waals surface area contributed by atoms with Gasteiger partial charge < -0.3 is 19.7 Å². The van der Waals surface area contributed by atoms with Crippen LogP contribution in [-0.4, -0.2) is 49.2 Å². The first kappa shape index (κ1) is 22.1. The fourth-order valence-corrected chi connectivity index (χ4v) is 3.27. The normalized spacial score (nSPS) is 14.8. The lowest BCUT2D eigenvalue weighted by Crippen LogP contribution is -2.46. The number of carbonyl (C=O) groups excluding carboxylic acids is 2. The molecule has 0 unspecified atom stereocenters. The molecule has 0 aromatic heterocycles. The Morgan fingerprint density at radius 3 is 2.43 bits per heavy atom. The summed E-state index contributed by atoms with van der Waals surface area (Å²) in [5.41, 5.74) is 2.23. The van der Waals surface area contributed by atoms with Crippen molar-refractivity contribution in [3.8, 4) is 5.75 Å². The smallest absolute Gasteiger partial charge is 0.409 e. The highest BCUT2D eigenvalue weighted by molar-refractivity contribution is 5.76. The zero-order valence-corrected chi connectivity index (χ0v) is 17.6. The van der Waals surface area contributed by atoms with Gasteiger partial charge in [-0.2, -0.15) is 0 Å². The van der Waals surface area contributed by atoms with E-state index in [9.17, 15) is 9.59 Å². The lowest BCUT2D eigenvalue weighted by atomic mass is 10.1. The van der Waals surface area contributed by atoms with Crippen molar-refractivity contribution in [3.05, 3.63) is 29.3 Å². The Bertz CT molecular complexity index is 632. The fraction of sp³-hybridized carbons (Fsp3) is 0.636. The van der Waals surface area contributed by atoms with Gasteiger partial charge in [-0.05, 0) is 50.2 Å². The van der Waals surface area contributed by atoms with Crippen LogP contribution < -0.4 is 10.1 Å². The molecule has 0 aliphatic carbocycles. The third kappa shape index (κ3) is 7.06. The summed E-state index contributed by atoms with van der Waals surface area (Å²) in [5, 5.41) is 3.08. The second kappa shape index (κ2) is 10.9. The van der Waals surface area contributed by atoms with E-state index in [2.05, 4.69) is 5.32 Å². The second-order valence-corrected chi connectivity index (χ2v) is 7.97. The van der Waals surface area contributed by atoms with Crippen molar-refractivity contribution in [3.63, 3.8) is 0 Å². The molecule has 2 amide bonds. The van der Waals surface area contributed by atoms with Crippen molar-refractivity contribution >= 4 is 12.0 Å². The second-order valence-electron chi connectivity index (χ2n) is 7.97. The maximum Gasteiger partial charge on any atom is 0.409 e. The van der Waals surface area contributed by atoms with Gasteiger partial charge in [0.15, 0.2) is 0 Å². The largest absolute Gasteiger partial charge is 0.493 e. The average Bonchev–Trinajstić information content (AvgIpc) is 2.65. The Balaban J connectivity index is 1.62. The molecule has 0 radical (unpaired) electrons. The summed E-state index contributed by atoms with van der Waals surface area (Å²) in [4.78, 5) is 25.9. The minimum Gasteiger partial charge on any atom is -0.493 e. The molecular weight excluding hydrogens is 356 g/mol. The van der Waals surface area contributed by atoms with Gasteiger partial charge in [0.25, 0.3) is 0 Å². The number of carbonyl (C=O) groups is 2. The van der Waals surface area contributed by atoms with Gasteiger partial charge in [0.1, 0.15) is 5.75 Å². The molecular formula is C22H34N2O4. The molecule has 1 saturated heterocycles. The molecule has 1 N–H and O–H groups in total. The number of amides is 2. The third-order valence-electron chi connectivity index (χ3n) is 4.86. The number of para-hydroxylation sites is 1. The summed E-state index contributed by atoms with van der Waals surface area (Å²) in [7, 11) is 0. The van der Waals surface area contributed by atoms with Gasteiger partial charge in [0, 0.05) is 25.6 Å². The quantitative estimate of drug-likeness (QED) is 0.685. The van der Waals surface area contributed by atoms with Crippen LogP contribution in [0.1, 0.15) is 50.7 Å². The maximum absolute atomic E-state index is 12.2. The van der Waals surface area contributed by atoms with Gasteiger partial charge in [-0.15, -0.1) is 0 Å². The molecule has 1 aliphatic heterocycles. The van der Waals surface area contributed by atoms with E-state index in [1.54, 1.807) is 4.90 Å². The standard InChI is InChI=1S/C22H34N2O4/c1-16(2)15-28-22(26)24-12-10-19(11-13-24)23-20(25)9-6-14-27-21-17(3)7-5-8-18(21)4/h5,7-8,16,19H,6,9-15H2,1-4H3,(H,23,25). The lowest BCUT2D eigenvalue weighted by Gasteiger charge is -2.31. The van der Waals surface area contributed by atoms with Gasteiger partial charge in [0.05, 0.1) is 13.2 Å². The number of nitrogens with zero attached hydrogens (tertiary/aromatic N) is 1. The van der Waals surface area contributed by atoms with E-state index in [0.29, 0.717) is 45.1 Å². The van der Waals surface area contributed by atoms with Crippen LogP contribution in [0.2, 0.25) is 0 Å². The molecule has 6 nitrogen and oxygen atoms in total. The number of hydrogen-bond donors (Lipinski definition) is 1. The first-order valence-electron chi connectivity index (χ1n) is 10.3. The molecule has 2 rings (SSSR count). The summed E-state index contributed by atoms with van der Waals surface area (Å²) in [5.74, 6) is 1.30. The number of benzene rings is 1. The first-order valence-corrected chi connectivity index (χ1v) is 10.3. The predicted octanol–water partition coefficient (Wildman–Crippen LogP) is 3.84. The first-order chi connectivity index (χ1) is 13.4. The lowest BCUT2D eigenvalue weighted by molar-refractivity contribution is -0.122. The summed E-state index contributed by atoms with van der Waals surface area (Å²) in [6, 6.07) is 6.20. The van der Waals surface area contributed by atoms with Crippen molar-refractivity contribution < 1.29 is 19.1 Å². The third-order valence-corrected chi connectivity index (χ3v) is 4.86. The molecule has 1 aromatic rings. The van der Waals surface area contributed by atoms with E-state index in [-0.39, 0.29) is 18.0 Å². The molecule has 0 bridgehead atoms. The van der Waals surface area contributed by atoms with Gasteiger partial charge in [-0.3, -0.25) is 4.79 Å². The Hall–Kier alpha value is -2.24. The SMILES string of the molecule is Cc1cccc(C)c1OCCCC(=O)NC1CCN(C(=O)OCC(C)C)CC1. The number of piperidine rings is 1. The molecule has 0 spiro atoms. The zero-order valence-electron chi connectivity index (χ0n) is 17.6. The molecule has 28 heavy (non-hydrogen) atoms. The Kier molecular flexibility index (Phi) is 8.61. The monoisotopic (exact) mass is 390 g/mol. The predicted molar refractivity (Wildman–Crippen MR) is 110 cm³/mol. The summed E-state index contributed by atoms with van der Waals surface area (Å²) in [6.45, 7) is 10.3. The molecule has 1 fully saturated rings. The van der Waals surface area contributed by atoms with Crippen LogP contribution >= 0.6 is 0 Å². The van der Waals surface area contributed by atoms with Crippen molar-refractivity contribution in [1.29, 1.82) is 0 Å². The molecule has 156 valence electrons. The number of hydrogen-bond acceptors (Lipinski definition) is 4. The minimum atomic E-state index is -0.248. The number of aryl methyl sites for hydroxylation is 2. The topological polar surface area (TPSA) is 67.9 Å². The highest BCUT2D eigenvalue weighted by Gasteiger charge is 2.24.